The standard InChI is InChI=1S/C24H33ClN4O/c1-3-26-24(28-18(2)21-8-10-22(25)11-9-21)27-16-19-4-6-20(7-5-19)17-29-14-12-23(30)13-15-29/h4-11,18,23,30H,3,12-17H2,1-2H3,(H2,26,27,28). The number of likely N-dealkylation sites (tertiary alicyclic amines) is 1. The molecule has 0 spiro atoms. The number of benzene rings is 2. The molecule has 0 aliphatic carbocycles. The van der Waals surface area contributed by atoms with Gasteiger partial charge in [-0.15, -0.1) is 0 Å². The summed E-state index contributed by atoms with van der Waals surface area (Å²) < 4.78 is 0. The molecule has 162 valence electrons. The first-order chi connectivity index (χ1) is 14.5. The summed E-state index contributed by atoms with van der Waals surface area (Å²) in [5.74, 6) is 0.802. The Morgan fingerprint density at radius 2 is 1.73 bits per heavy atom. The topological polar surface area (TPSA) is 59.9 Å². The van der Waals surface area contributed by atoms with Gasteiger partial charge in [0.05, 0.1) is 18.7 Å². The summed E-state index contributed by atoms with van der Waals surface area (Å²) >= 11 is 5.99. The van der Waals surface area contributed by atoms with Gasteiger partial charge in [-0.3, -0.25) is 4.90 Å². The van der Waals surface area contributed by atoms with Crippen LogP contribution in [0.3, 0.4) is 0 Å². The molecule has 3 rings (SSSR count). The number of nitrogens with one attached hydrogen (secondary N) is 2. The van der Waals surface area contributed by atoms with E-state index in [0.29, 0.717) is 6.54 Å². The fourth-order valence-electron chi connectivity index (χ4n) is 3.62. The fraction of sp³-hybridized carbons (Fsp3) is 0.458. The molecule has 0 saturated carbocycles. The second-order valence-electron chi connectivity index (χ2n) is 7.94. The van der Waals surface area contributed by atoms with Crippen LogP contribution in [-0.2, 0) is 13.1 Å². The first-order valence-corrected chi connectivity index (χ1v) is 11.2. The maximum atomic E-state index is 9.65. The number of aliphatic hydroxyl groups is 1. The Balaban J connectivity index is 1.55. The number of hydrogen-bond acceptors (Lipinski definition) is 3. The van der Waals surface area contributed by atoms with Crippen LogP contribution in [0.15, 0.2) is 53.5 Å². The van der Waals surface area contributed by atoms with Crippen molar-refractivity contribution in [2.24, 2.45) is 4.99 Å². The molecule has 3 N–H and O–H groups in total. The molecule has 1 aliphatic rings. The molecular formula is C24H33ClN4O. The molecule has 6 heteroatoms. The van der Waals surface area contributed by atoms with Crippen molar-refractivity contribution in [2.75, 3.05) is 19.6 Å². The first-order valence-electron chi connectivity index (χ1n) is 10.8. The molecule has 1 heterocycles. The molecule has 1 fully saturated rings. The van der Waals surface area contributed by atoms with Crippen LogP contribution in [0.1, 0.15) is 49.4 Å². The lowest BCUT2D eigenvalue weighted by atomic mass is 10.1. The minimum atomic E-state index is -0.122. The maximum absolute atomic E-state index is 9.65. The molecule has 5 nitrogen and oxygen atoms in total. The minimum Gasteiger partial charge on any atom is -0.393 e. The molecule has 30 heavy (non-hydrogen) atoms. The summed E-state index contributed by atoms with van der Waals surface area (Å²) in [5.41, 5.74) is 3.66. The zero-order valence-corrected chi connectivity index (χ0v) is 18.7. The van der Waals surface area contributed by atoms with Gasteiger partial charge in [-0.05, 0) is 55.5 Å². The Morgan fingerprint density at radius 3 is 2.37 bits per heavy atom. The first kappa shape index (κ1) is 22.6. The minimum absolute atomic E-state index is 0.122. The summed E-state index contributed by atoms with van der Waals surface area (Å²) in [6.45, 7) is 8.50. The van der Waals surface area contributed by atoms with E-state index in [0.717, 1.165) is 50.0 Å². The van der Waals surface area contributed by atoms with Crippen LogP contribution < -0.4 is 10.6 Å². The average Bonchev–Trinajstić information content (AvgIpc) is 2.75. The van der Waals surface area contributed by atoms with Gasteiger partial charge in [0.2, 0.25) is 0 Å². The normalized spacial score (nSPS) is 17.0. The summed E-state index contributed by atoms with van der Waals surface area (Å²) in [4.78, 5) is 7.16. The zero-order valence-electron chi connectivity index (χ0n) is 17.9. The van der Waals surface area contributed by atoms with Crippen molar-refractivity contribution in [3.8, 4) is 0 Å². The van der Waals surface area contributed by atoms with Crippen molar-refractivity contribution < 1.29 is 5.11 Å². The highest BCUT2D eigenvalue weighted by atomic mass is 35.5. The van der Waals surface area contributed by atoms with Gasteiger partial charge in [0.15, 0.2) is 5.96 Å². The quantitative estimate of drug-likeness (QED) is 0.458. The van der Waals surface area contributed by atoms with Gasteiger partial charge in [-0.1, -0.05) is 48.0 Å². The molecule has 0 bridgehead atoms. The third kappa shape index (κ3) is 7.01. The van der Waals surface area contributed by atoms with Crippen molar-refractivity contribution >= 4 is 17.6 Å². The number of aliphatic imine (C=N–C) groups is 1. The van der Waals surface area contributed by atoms with Crippen molar-refractivity contribution in [1.29, 1.82) is 0 Å². The predicted octanol–water partition coefficient (Wildman–Crippen LogP) is 4.11. The SMILES string of the molecule is CCNC(=NCc1ccc(CN2CCC(O)CC2)cc1)NC(C)c1ccc(Cl)cc1. The lowest BCUT2D eigenvalue weighted by Gasteiger charge is -2.29. The van der Waals surface area contributed by atoms with Gasteiger partial charge >= 0.3 is 0 Å². The molecule has 0 amide bonds. The fourth-order valence-corrected chi connectivity index (χ4v) is 3.74. The van der Waals surface area contributed by atoms with Gasteiger partial charge in [-0.2, -0.15) is 0 Å². The number of rotatable bonds is 7. The molecule has 2 aromatic rings. The lowest BCUT2D eigenvalue weighted by molar-refractivity contribution is 0.0792. The predicted molar refractivity (Wildman–Crippen MR) is 125 cm³/mol. The van der Waals surface area contributed by atoms with Gasteiger partial charge < -0.3 is 15.7 Å². The number of halogens is 1. The van der Waals surface area contributed by atoms with Crippen LogP contribution in [0, 0.1) is 0 Å². The summed E-state index contributed by atoms with van der Waals surface area (Å²) in [7, 11) is 0. The van der Waals surface area contributed by atoms with Crippen molar-refractivity contribution in [3.63, 3.8) is 0 Å². The van der Waals surface area contributed by atoms with Crippen LogP contribution in [0.2, 0.25) is 5.02 Å². The zero-order chi connectivity index (χ0) is 21.3. The van der Waals surface area contributed by atoms with E-state index in [-0.39, 0.29) is 12.1 Å². The van der Waals surface area contributed by atoms with E-state index in [2.05, 4.69) is 53.6 Å². The molecule has 0 aromatic heterocycles. The summed E-state index contributed by atoms with van der Waals surface area (Å²) in [5, 5.41) is 17.2. The number of nitrogens with zero attached hydrogens (tertiary/aromatic N) is 2. The highest BCUT2D eigenvalue weighted by molar-refractivity contribution is 6.30. The third-order valence-corrected chi connectivity index (χ3v) is 5.73. The van der Waals surface area contributed by atoms with Crippen LogP contribution in [0.25, 0.3) is 0 Å². The smallest absolute Gasteiger partial charge is 0.192 e. The second-order valence-corrected chi connectivity index (χ2v) is 8.37. The van der Waals surface area contributed by atoms with Crippen LogP contribution in [0.4, 0.5) is 0 Å². The molecular weight excluding hydrogens is 396 g/mol. The Bertz CT molecular complexity index is 799. The molecule has 1 saturated heterocycles. The Labute approximate surface area is 185 Å². The number of guanidine groups is 1. The molecule has 1 unspecified atom stereocenters. The highest BCUT2D eigenvalue weighted by Crippen LogP contribution is 2.17. The van der Waals surface area contributed by atoms with Crippen LogP contribution in [-0.4, -0.2) is 41.7 Å². The van der Waals surface area contributed by atoms with E-state index in [1.54, 1.807) is 0 Å². The van der Waals surface area contributed by atoms with E-state index < -0.39 is 0 Å². The number of piperidine rings is 1. The van der Waals surface area contributed by atoms with Crippen molar-refractivity contribution in [1.82, 2.24) is 15.5 Å². The Hall–Kier alpha value is -2.08. The lowest BCUT2D eigenvalue weighted by Crippen LogP contribution is -2.38. The Morgan fingerprint density at radius 1 is 1.10 bits per heavy atom. The van der Waals surface area contributed by atoms with E-state index >= 15 is 0 Å². The third-order valence-electron chi connectivity index (χ3n) is 5.47. The molecule has 2 aromatic carbocycles. The number of aliphatic hydroxyl groups excluding tert-OH is 1. The van der Waals surface area contributed by atoms with E-state index in [1.807, 2.05) is 24.3 Å². The molecule has 1 aliphatic heterocycles. The van der Waals surface area contributed by atoms with E-state index in [9.17, 15) is 5.11 Å². The van der Waals surface area contributed by atoms with E-state index in [1.165, 1.54) is 16.7 Å². The van der Waals surface area contributed by atoms with Crippen molar-refractivity contribution in [2.45, 2.75) is 51.9 Å². The second kappa shape index (κ2) is 11.3. The maximum Gasteiger partial charge on any atom is 0.192 e. The summed E-state index contributed by atoms with van der Waals surface area (Å²) in [6, 6.07) is 16.7. The van der Waals surface area contributed by atoms with Gasteiger partial charge in [0.1, 0.15) is 0 Å². The van der Waals surface area contributed by atoms with E-state index in [4.69, 9.17) is 16.6 Å². The largest absolute Gasteiger partial charge is 0.393 e. The number of hydrogen-bond donors (Lipinski definition) is 3. The van der Waals surface area contributed by atoms with Crippen LogP contribution >= 0.6 is 11.6 Å². The van der Waals surface area contributed by atoms with Gasteiger partial charge in [0.25, 0.3) is 0 Å². The summed E-state index contributed by atoms with van der Waals surface area (Å²) in [6.07, 6.45) is 1.63. The molecule has 0 radical (unpaired) electrons. The molecule has 1 atom stereocenters. The van der Waals surface area contributed by atoms with Crippen LogP contribution in [0.5, 0.6) is 0 Å². The van der Waals surface area contributed by atoms with Gasteiger partial charge in [-0.25, -0.2) is 4.99 Å². The monoisotopic (exact) mass is 428 g/mol. The highest BCUT2D eigenvalue weighted by Gasteiger charge is 2.16. The van der Waals surface area contributed by atoms with Gasteiger partial charge in [0, 0.05) is 31.2 Å². The van der Waals surface area contributed by atoms with Crippen molar-refractivity contribution in [3.05, 3.63) is 70.2 Å². The Kier molecular flexibility index (Phi) is 8.55. The average molecular weight is 429 g/mol.